The highest BCUT2D eigenvalue weighted by molar-refractivity contribution is 7.17. The van der Waals surface area contributed by atoms with Gasteiger partial charge in [0.15, 0.2) is 5.82 Å². The van der Waals surface area contributed by atoms with Gasteiger partial charge in [0.05, 0.1) is 13.5 Å². The zero-order chi connectivity index (χ0) is 19.6. The van der Waals surface area contributed by atoms with Gasteiger partial charge in [-0.25, -0.2) is 9.48 Å². The van der Waals surface area contributed by atoms with Gasteiger partial charge >= 0.3 is 5.97 Å². The smallest absolute Gasteiger partial charge is 0.341 e. The third-order valence-corrected chi connectivity index (χ3v) is 5.11. The second-order valence-electron chi connectivity index (χ2n) is 6.04. The summed E-state index contributed by atoms with van der Waals surface area (Å²) < 4.78 is 6.39. The van der Waals surface area contributed by atoms with Crippen molar-refractivity contribution >= 4 is 28.2 Å². The Balaban J connectivity index is 1.96. The van der Waals surface area contributed by atoms with Crippen LogP contribution in [0, 0.1) is 13.8 Å². The molecule has 0 saturated heterocycles. The molecule has 140 valence electrons. The lowest BCUT2D eigenvalue weighted by Gasteiger charge is -2.08. The van der Waals surface area contributed by atoms with Gasteiger partial charge in [0, 0.05) is 17.5 Å². The predicted octanol–water partition coefficient (Wildman–Crippen LogP) is 2.52. The highest BCUT2D eigenvalue weighted by Gasteiger charge is 2.25. The van der Waals surface area contributed by atoms with Crippen LogP contribution in [0.4, 0.5) is 5.00 Å². The molecule has 1 amide bonds. The summed E-state index contributed by atoms with van der Waals surface area (Å²) in [7, 11) is 2.98. The minimum absolute atomic E-state index is 0.000918. The van der Waals surface area contributed by atoms with Crippen molar-refractivity contribution in [2.45, 2.75) is 20.3 Å². The van der Waals surface area contributed by atoms with Crippen molar-refractivity contribution in [1.82, 2.24) is 20.2 Å². The predicted molar refractivity (Wildman–Crippen MR) is 102 cm³/mol. The van der Waals surface area contributed by atoms with Gasteiger partial charge in [-0.3, -0.25) is 4.79 Å². The van der Waals surface area contributed by atoms with Crippen LogP contribution in [0.25, 0.3) is 11.1 Å². The number of esters is 1. The summed E-state index contributed by atoms with van der Waals surface area (Å²) in [5.74, 6) is -0.375. The maximum Gasteiger partial charge on any atom is 0.341 e. The highest BCUT2D eigenvalue weighted by Crippen LogP contribution is 2.40. The number of thiophene rings is 1. The van der Waals surface area contributed by atoms with E-state index in [4.69, 9.17) is 4.74 Å². The Hall–Kier alpha value is -3.07. The average molecular weight is 385 g/mol. The van der Waals surface area contributed by atoms with Gasteiger partial charge in [-0.15, -0.1) is 16.4 Å². The first-order chi connectivity index (χ1) is 12.9. The van der Waals surface area contributed by atoms with Gasteiger partial charge in [-0.05, 0) is 29.8 Å². The molecule has 0 radical (unpaired) electrons. The molecule has 27 heavy (non-hydrogen) atoms. The lowest BCUT2D eigenvalue weighted by molar-refractivity contribution is -0.115. The molecule has 2 aromatic heterocycles. The van der Waals surface area contributed by atoms with Crippen molar-refractivity contribution in [3.8, 4) is 11.1 Å². The molecule has 0 aliphatic carbocycles. The van der Waals surface area contributed by atoms with Crippen LogP contribution >= 0.6 is 11.3 Å². The Bertz CT molecular complexity index is 991. The summed E-state index contributed by atoms with van der Waals surface area (Å²) in [4.78, 5) is 25.8. The standard InChI is InChI=1S/C18H19N5O3S/c1-10-5-7-12(8-6-10)15-11(2)27-17(16(15)18(25)26-4)19-14(24)9-13-20-21-22-23(13)3/h5-8H,9H2,1-4H3,(H,19,24). The number of rotatable bonds is 5. The van der Waals surface area contributed by atoms with Gasteiger partial charge < -0.3 is 10.1 Å². The first-order valence-electron chi connectivity index (χ1n) is 8.20. The molecule has 0 unspecified atom stereocenters. The van der Waals surface area contributed by atoms with Crippen molar-refractivity contribution in [1.29, 1.82) is 0 Å². The summed E-state index contributed by atoms with van der Waals surface area (Å²) in [5.41, 5.74) is 3.14. The number of hydrogen-bond donors (Lipinski definition) is 1. The summed E-state index contributed by atoms with van der Waals surface area (Å²) in [6.07, 6.45) is 0.000918. The number of methoxy groups -OCH3 is 1. The van der Waals surface area contributed by atoms with Gasteiger partial charge in [-0.1, -0.05) is 29.8 Å². The molecule has 0 aliphatic heterocycles. The van der Waals surface area contributed by atoms with Crippen molar-refractivity contribution in [3.05, 3.63) is 46.1 Å². The molecule has 0 spiro atoms. The summed E-state index contributed by atoms with van der Waals surface area (Å²) in [6.45, 7) is 3.91. The maximum atomic E-state index is 12.5. The van der Waals surface area contributed by atoms with Crippen molar-refractivity contribution in [2.24, 2.45) is 7.05 Å². The number of ether oxygens (including phenoxy) is 1. The monoisotopic (exact) mass is 385 g/mol. The molecule has 9 heteroatoms. The summed E-state index contributed by atoms with van der Waals surface area (Å²) in [6, 6.07) is 7.86. The number of carbonyl (C=O) groups excluding carboxylic acids is 2. The largest absolute Gasteiger partial charge is 0.465 e. The van der Waals surface area contributed by atoms with Crippen molar-refractivity contribution < 1.29 is 14.3 Å². The quantitative estimate of drug-likeness (QED) is 0.678. The van der Waals surface area contributed by atoms with Crippen LogP contribution in [0.2, 0.25) is 0 Å². The maximum absolute atomic E-state index is 12.5. The van der Waals surface area contributed by atoms with Crippen LogP contribution in [-0.4, -0.2) is 39.2 Å². The molecule has 2 heterocycles. The SMILES string of the molecule is COC(=O)c1c(NC(=O)Cc2nnnn2C)sc(C)c1-c1ccc(C)cc1. The fourth-order valence-corrected chi connectivity index (χ4v) is 3.79. The lowest BCUT2D eigenvalue weighted by atomic mass is 10.0. The third kappa shape index (κ3) is 3.87. The lowest BCUT2D eigenvalue weighted by Crippen LogP contribution is -2.18. The van der Waals surface area contributed by atoms with E-state index >= 15 is 0 Å². The topological polar surface area (TPSA) is 99.0 Å². The van der Waals surface area contributed by atoms with Gasteiger partial charge in [0.25, 0.3) is 0 Å². The molecule has 0 aliphatic rings. The average Bonchev–Trinajstić information content (AvgIpc) is 3.18. The van der Waals surface area contributed by atoms with E-state index in [0.717, 1.165) is 21.6 Å². The normalized spacial score (nSPS) is 10.7. The zero-order valence-corrected chi connectivity index (χ0v) is 16.3. The molecule has 3 aromatic rings. The van der Waals surface area contributed by atoms with Crippen LogP contribution in [-0.2, 0) is 23.0 Å². The van der Waals surface area contributed by atoms with Crippen LogP contribution in [0.1, 0.15) is 26.6 Å². The number of nitrogens with zero attached hydrogens (tertiary/aromatic N) is 4. The second kappa shape index (κ2) is 7.67. The van der Waals surface area contributed by atoms with E-state index in [1.165, 1.54) is 23.1 Å². The summed E-state index contributed by atoms with van der Waals surface area (Å²) >= 11 is 1.34. The fraction of sp³-hybridized carbons (Fsp3) is 0.278. The molecule has 1 aromatic carbocycles. The first-order valence-corrected chi connectivity index (χ1v) is 9.02. The van der Waals surface area contributed by atoms with Gasteiger partial charge in [0.1, 0.15) is 10.6 Å². The number of nitrogens with one attached hydrogen (secondary N) is 1. The number of amides is 1. The minimum atomic E-state index is -0.495. The molecule has 1 N–H and O–H groups in total. The van der Waals surface area contributed by atoms with Crippen LogP contribution in [0.3, 0.4) is 0 Å². The van der Waals surface area contributed by atoms with E-state index in [2.05, 4.69) is 20.8 Å². The molecule has 8 nitrogen and oxygen atoms in total. The molecular formula is C18H19N5O3S. The molecule has 0 bridgehead atoms. The van der Waals surface area contributed by atoms with Gasteiger partial charge in [0.2, 0.25) is 5.91 Å². The number of hydrogen-bond acceptors (Lipinski definition) is 7. The van der Waals surface area contributed by atoms with Crippen LogP contribution in [0.15, 0.2) is 24.3 Å². The second-order valence-corrected chi connectivity index (χ2v) is 7.26. The zero-order valence-electron chi connectivity index (χ0n) is 15.4. The Morgan fingerprint density at radius 3 is 2.52 bits per heavy atom. The van der Waals surface area contributed by atoms with Crippen LogP contribution < -0.4 is 5.32 Å². The summed E-state index contributed by atoms with van der Waals surface area (Å²) in [5, 5.41) is 14.3. The van der Waals surface area contributed by atoms with E-state index in [1.54, 1.807) is 7.05 Å². The van der Waals surface area contributed by atoms with Crippen molar-refractivity contribution in [2.75, 3.05) is 12.4 Å². The Morgan fingerprint density at radius 2 is 1.93 bits per heavy atom. The molecule has 0 atom stereocenters. The molecule has 0 fully saturated rings. The van der Waals surface area contributed by atoms with E-state index in [9.17, 15) is 9.59 Å². The number of tetrazole rings is 1. The first kappa shape index (κ1) is 18.7. The highest BCUT2D eigenvalue weighted by atomic mass is 32.1. The minimum Gasteiger partial charge on any atom is -0.465 e. The Kier molecular flexibility index (Phi) is 5.31. The Morgan fingerprint density at radius 1 is 1.22 bits per heavy atom. The van der Waals surface area contributed by atoms with E-state index in [0.29, 0.717) is 16.4 Å². The number of carbonyl (C=O) groups is 2. The van der Waals surface area contributed by atoms with E-state index in [1.807, 2.05) is 38.1 Å². The van der Waals surface area contributed by atoms with Crippen molar-refractivity contribution in [3.63, 3.8) is 0 Å². The number of anilines is 1. The Labute approximate surface area is 160 Å². The molecular weight excluding hydrogens is 366 g/mol. The van der Waals surface area contributed by atoms with Gasteiger partial charge in [-0.2, -0.15) is 0 Å². The van der Waals surface area contributed by atoms with E-state index < -0.39 is 5.97 Å². The number of aryl methyl sites for hydroxylation is 3. The third-order valence-electron chi connectivity index (χ3n) is 4.09. The van der Waals surface area contributed by atoms with E-state index in [-0.39, 0.29) is 12.3 Å². The van der Waals surface area contributed by atoms with Crippen LogP contribution in [0.5, 0.6) is 0 Å². The fourth-order valence-electron chi connectivity index (χ4n) is 2.71. The molecule has 0 saturated carbocycles. The number of aromatic nitrogens is 4. The molecule has 3 rings (SSSR count). The number of benzene rings is 1.